The van der Waals surface area contributed by atoms with Crippen molar-refractivity contribution in [3.8, 4) is 17.2 Å². The minimum Gasteiger partial charge on any atom is -0.466 e. The number of aryl methyl sites for hydroxylation is 3. The lowest BCUT2D eigenvalue weighted by atomic mass is 9.81. The molecule has 10 heteroatoms. The van der Waals surface area contributed by atoms with E-state index in [0.717, 1.165) is 91.2 Å². The Kier molecular flexibility index (Phi) is 55.8. The summed E-state index contributed by atoms with van der Waals surface area (Å²) in [7, 11) is -2.16. The molecule has 0 aliphatic heterocycles. The Morgan fingerprint density at radius 3 is 0.623 bits per heavy atom. The van der Waals surface area contributed by atoms with Crippen LogP contribution in [0.5, 0.6) is 17.2 Å². The zero-order chi connectivity index (χ0) is 77.0. The highest BCUT2D eigenvalue weighted by Crippen LogP contribution is 2.50. The first-order chi connectivity index (χ1) is 51.4. The molecule has 0 saturated carbocycles. The Labute approximate surface area is 655 Å². The molecule has 0 bridgehead atoms. The highest BCUT2D eigenvalue weighted by atomic mass is 31.2. The van der Waals surface area contributed by atoms with Crippen LogP contribution < -0.4 is 13.6 Å². The van der Waals surface area contributed by atoms with Crippen LogP contribution in [0.15, 0.2) is 54.6 Å². The van der Waals surface area contributed by atoms with Gasteiger partial charge in [-0.3, -0.25) is 14.4 Å². The smallest absolute Gasteiger partial charge is 0.466 e. The SMILES string of the molecule is CCCCCCCCCCCCCCCCCCOC(=O)CCc1ccc(OP(Oc2ccc(CCC(=O)OCCCCCCCCCCCCCCCCCC)cc2C(C)(C)CC)Oc2ccc(CCC(=O)OCCCCCCCCCCCCCCCCCC)cc2C(C)(C)CC)c(C(C)(C)CC)c1. The standard InChI is InChI=1S/C96H165O9P/c1-13-19-22-25-28-31-34-37-40-43-46-49-52-55-58-61-76-100-91(97)73-67-82-64-70-88(85(79-82)94(7,8)16-4)103-106(104-89-71-65-83(80-86(89)95(9,10)17-5)68-74-92(98)101-77-62-59-56-53-50-47-44-41-38-35-32-29-26-23-20-14-2)105-90-72-66-84(81-87(90)96(11,12)18-6)69-75-93(99)102-78-63-60-57-54-51-48-45-42-39-36-33-30-27-24-21-15-3/h64-66,70-72,79-81H,13-63,67-69,73-78H2,1-12H3. The van der Waals surface area contributed by atoms with Gasteiger partial charge in [0.05, 0.1) is 19.8 Å². The van der Waals surface area contributed by atoms with Gasteiger partial charge >= 0.3 is 26.5 Å². The van der Waals surface area contributed by atoms with Gasteiger partial charge in [-0.2, -0.15) is 0 Å². The molecule has 0 aromatic heterocycles. The van der Waals surface area contributed by atoms with Gasteiger partial charge in [-0.1, -0.05) is 408 Å². The van der Waals surface area contributed by atoms with E-state index in [-0.39, 0.29) is 34.2 Å². The number of rotatable bonds is 72. The summed E-state index contributed by atoms with van der Waals surface area (Å²) in [4.78, 5) is 39.7. The molecule has 9 nitrogen and oxygen atoms in total. The summed E-state index contributed by atoms with van der Waals surface area (Å²) in [6.45, 7) is 28.3. The van der Waals surface area contributed by atoms with Gasteiger partial charge in [-0.05, 0) is 109 Å². The maximum atomic E-state index is 13.2. The van der Waals surface area contributed by atoms with Gasteiger partial charge < -0.3 is 27.8 Å². The third-order valence-electron chi connectivity index (χ3n) is 23.1. The van der Waals surface area contributed by atoms with E-state index in [1.807, 2.05) is 18.2 Å². The van der Waals surface area contributed by atoms with Crippen LogP contribution in [0, 0.1) is 0 Å². The summed E-state index contributed by atoms with van der Waals surface area (Å²) in [6.07, 6.45) is 68.1. The van der Waals surface area contributed by atoms with Crippen molar-refractivity contribution in [3.63, 3.8) is 0 Å². The van der Waals surface area contributed by atoms with Crippen LogP contribution in [0.25, 0.3) is 0 Å². The highest BCUT2D eigenvalue weighted by Gasteiger charge is 2.33. The van der Waals surface area contributed by atoms with E-state index in [4.69, 9.17) is 27.8 Å². The lowest BCUT2D eigenvalue weighted by Crippen LogP contribution is -2.20. The van der Waals surface area contributed by atoms with Crippen molar-refractivity contribution in [3.05, 3.63) is 88.0 Å². The van der Waals surface area contributed by atoms with E-state index < -0.39 is 8.60 Å². The van der Waals surface area contributed by atoms with Gasteiger partial charge in [0.15, 0.2) is 0 Å². The fraction of sp³-hybridized carbons (Fsp3) is 0.781. The molecule has 3 aromatic carbocycles. The molecule has 0 spiro atoms. The molecular formula is C96H165O9P. The van der Waals surface area contributed by atoms with Crippen LogP contribution in [-0.4, -0.2) is 37.7 Å². The van der Waals surface area contributed by atoms with Gasteiger partial charge in [0.1, 0.15) is 17.2 Å². The molecule has 608 valence electrons. The summed E-state index contributed by atoms with van der Waals surface area (Å²) >= 11 is 0. The summed E-state index contributed by atoms with van der Waals surface area (Å²) in [5.41, 5.74) is 5.31. The number of carbonyl (C=O) groups is 3. The van der Waals surface area contributed by atoms with E-state index in [1.165, 1.54) is 270 Å². The van der Waals surface area contributed by atoms with Crippen molar-refractivity contribution in [2.75, 3.05) is 19.8 Å². The van der Waals surface area contributed by atoms with Gasteiger partial charge in [-0.15, -0.1) is 0 Å². The molecule has 0 N–H and O–H groups in total. The topological polar surface area (TPSA) is 107 Å². The molecule has 0 unspecified atom stereocenters. The first-order valence-electron chi connectivity index (χ1n) is 45.1. The van der Waals surface area contributed by atoms with E-state index in [9.17, 15) is 14.4 Å². The quantitative estimate of drug-likeness (QED) is 0.0236. The number of ether oxygens (including phenoxy) is 3. The van der Waals surface area contributed by atoms with Crippen molar-refractivity contribution >= 4 is 26.5 Å². The monoisotopic (exact) mass is 1490 g/mol. The Morgan fingerprint density at radius 1 is 0.264 bits per heavy atom. The molecule has 0 amide bonds. The van der Waals surface area contributed by atoms with E-state index in [1.54, 1.807) is 0 Å². The maximum Gasteiger partial charge on any atom is 0.530 e. The molecule has 0 heterocycles. The summed E-state index contributed by atoms with van der Waals surface area (Å²) in [5, 5.41) is 0. The van der Waals surface area contributed by atoms with Crippen LogP contribution >= 0.6 is 8.60 Å². The van der Waals surface area contributed by atoms with Crippen molar-refractivity contribution in [2.24, 2.45) is 0 Å². The molecule has 3 aromatic rings. The lowest BCUT2D eigenvalue weighted by Gasteiger charge is -2.31. The van der Waals surface area contributed by atoms with Gasteiger partial charge in [0.2, 0.25) is 0 Å². The van der Waals surface area contributed by atoms with Gasteiger partial charge in [0, 0.05) is 36.0 Å². The van der Waals surface area contributed by atoms with Gasteiger partial charge in [-0.25, -0.2) is 0 Å². The number of unbranched alkanes of at least 4 members (excludes halogenated alkanes) is 45. The second kappa shape index (κ2) is 61.6. The molecule has 3 rings (SSSR count). The molecule has 106 heavy (non-hydrogen) atoms. The Balaban J connectivity index is 1.72. The van der Waals surface area contributed by atoms with Crippen molar-refractivity contribution in [1.29, 1.82) is 0 Å². The molecule has 0 atom stereocenters. The van der Waals surface area contributed by atoms with E-state index in [2.05, 4.69) is 119 Å². The second-order valence-electron chi connectivity index (χ2n) is 33.8. The zero-order valence-electron chi connectivity index (χ0n) is 71.2. The second-order valence-corrected chi connectivity index (χ2v) is 34.8. The minimum absolute atomic E-state index is 0.155. The largest absolute Gasteiger partial charge is 0.530 e. The van der Waals surface area contributed by atoms with Crippen LogP contribution in [0.1, 0.15) is 463 Å². The number of esters is 3. The first kappa shape index (κ1) is 96.1. The average molecular weight is 1490 g/mol. The van der Waals surface area contributed by atoms with Crippen LogP contribution in [0.2, 0.25) is 0 Å². The van der Waals surface area contributed by atoms with Gasteiger partial charge in [0.25, 0.3) is 0 Å². The van der Waals surface area contributed by atoms with Crippen LogP contribution in [-0.2, 0) is 64.1 Å². The fourth-order valence-corrected chi connectivity index (χ4v) is 15.4. The number of carbonyl (C=O) groups excluding carboxylic acids is 3. The van der Waals surface area contributed by atoms with Crippen LogP contribution in [0.3, 0.4) is 0 Å². The summed E-state index contributed by atoms with van der Waals surface area (Å²) < 4.78 is 39.0. The van der Waals surface area contributed by atoms with Crippen molar-refractivity contribution < 1.29 is 42.2 Å². The Bertz CT molecular complexity index is 2370. The molecule has 0 aliphatic carbocycles. The third kappa shape index (κ3) is 45.9. The van der Waals surface area contributed by atoms with E-state index >= 15 is 0 Å². The fourth-order valence-electron chi connectivity index (χ4n) is 14.4. The number of hydrogen-bond donors (Lipinski definition) is 0. The zero-order valence-corrected chi connectivity index (χ0v) is 72.1. The first-order valence-corrected chi connectivity index (χ1v) is 46.2. The summed E-state index contributed by atoms with van der Waals surface area (Å²) in [6, 6.07) is 18.9. The molecule has 0 radical (unpaired) electrons. The maximum absolute atomic E-state index is 13.2. The molecule has 0 fully saturated rings. The van der Waals surface area contributed by atoms with Crippen molar-refractivity contribution in [1.82, 2.24) is 0 Å². The third-order valence-corrected chi connectivity index (χ3v) is 24.2. The lowest BCUT2D eigenvalue weighted by molar-refractivity contribution is -0.144. The predicted octanol–water partition coefficient (Wildman–Crippen LogP) is 30.7. The molecular weight excluding hydrogens is 1330 g/mol. The van der Waals surface area contributed by atoms with E-state index in [0.29, 0.717) is 75.6 Å². The predicted molar refractivity (Wildman–Crippen MR) is 455 cm³/mol. The average Bonchev–Trinajstić information content (AvgIpc) is 0.794. The normalized spacial score (nSPS) is 12.0. The van der Waals surface area contributed by atoms with Crippen LogP contribution in [0.4, 0.5) is 0 Å². The number of benzene rings is 3. The molecule has 0 aliphatic rings. The number of hydrogen-bond acceptors (Lipinski definition) is 9. The molecule has 0 saturated heterocycles. The minimum atomic E-state index is -2.16. The van der Waals surface area contributed by atoms with Crippen molar-refractivity contribution in [2.45, 2.75) is 465 Å². The highest BCUT2D eigenvalue weighted by molar-refractivity contribution is 7.43. The Morgan fingerprint density at radius 2 is 0.443 bits per heavy atom. The summed E-state index contributed by atoms with van der Waals surface area (Å²) in [5.74, 6) is 1.55. The Hall–Kier alpha value is -4.10.